The van der Waals surface area contributed by atoms with E-state index in [2.05, 4.69) is 17.4 Å². The first-order chi connectivity index (χ1) is 11.8. The van der Waals surface area contributed by atoms with Crippen LogP contribution in [-0.4, -0.2) is 26.2 Å². The molecule has 4 nitrogen and oxygen atoms in total. The van der Waals surface area contributed by atoms with Gasteiger partial charge in [0.1, 0.15) is 18.1 Å². The molecule has 1 aliphatic heterocycles. The Morgan fingerprint density at radius 3 is 2.88 bits per heavy atom. The fraction of sp³-hybridized carbons (Fsp3) is 0.350. The number of nitrogens with one attached hydrogen (secondary N) is 1. The molecule has 2 aromatic carbocycles. The molecule has 1 unspecified atom stereocenters. The van der Waals surface area contributed by atoms with Gasteiger partial charge in [0.2, 0.25) is 5.91 Å². The first-order valence-electron chi connectivity index (χ1n) is 8.37. The first kappa shape index (κ1) is 16.4. The normalized spacial score (nSPS) is 16.0. The van der Waals surface area contributed by atoms with E-state index in [9.17, 15) is 4.79 Å². The summed E-state index contributed by atoms with van der Waals surface area (Å²) >= 11 is 0. The van der Waals surface area contributed by atoms with Gasteiger partial charge in [-0.2, -0.15) is 0 Å². The molecule has 126 valence electrons. The number of hydrogen-bond acceptors (Lipinski definition) is 3. The van der Waals surface area contributed by atoms with Crippen molar-refractivity contribution in [1.29, 1.82) is 0 Å². The number of methoxy groups -OCH3 is 1. The van der Waals surface area contributed by atoms with E-state index in [4.69, 9.17) is 9.47 Å². The van der Waals surface area contributed by atoms with Crippen molar-refractivity contribution in [3.63, 3.8) is 0 Å². The summed E-state index contributed by atoms with van der Waals surface area (Å²) in [6, 6.07) is 16.1. The molecule has 0 saturated heterocycles. The first-order valence-corrected chi connectivity index (χ1v) is 8.37. The van der Waals surface area contributed by atoms with Gasteiger partial charge in [0.25, 0.3) is 0 Å². The molecule has 24 heavy (non-hydrogen) atoms. The molecule has 0 aromatic heterocycles. The molecule has 0 saturated carbocycles. The highest BCUT2D eigenvalue weighted by atomic mass is 16.5. The molecule has 1 aliphatic rings. The maximum Gasteiger partial charge on any atom is 0.226 e. The lowest BCUT2D eigenvalue weighted by atomic mass is 9.95. The predicted molar refractivity (Wildman–Crippen MR) is 93.5 cm³/mol. The minimum absolute atomic E-state index is 0.0662. The molecule has 1 N–H and O–H groups in total. The fourth-order valence-electron chi connectivity index (χ4n) is 2.96. The number of carbonyl (C=O) groups excluding carboxylic acids is 1. The van der Waals surface area contributed by atoms with Gasteiger partial charge in [-0.3, -0.25) is 4.79 Å². The number of amides is 1. The highest BCUT2D eigenvalue weighted by molar-refractivity contribution is 5.79. The van der Waals surface area contributed by atoms with E-state index in [1.54, 1.807) is 7.11 Å². The van der Waals surface area contributed by atoms with Gasteiger partial charge in [-0.05, 0) is 48.6 Å². The Labute approximate surface area is 142 Å². The van der Waals surface area contributed by atoms with Crippen LogP contribution >= 0.6 is 0 Å². The minimum atomic E-state index is -0.138. The summed E-state index contributed by atoms with van der Waals surface area (Å²) in [5.41, 5.74) is 2.33. The number of rotatable bonds is 6. The van der Waals surface area contributed by atoms with Crippen molar-refractivity contribution in [1.82, 2.24) is 5.32 Å². The molecular formula is C20H23NO3. The Morgan fingerprint density at radius 1 is 1.25 bits per heavy atom. The van der Waals surface area contributed by atoms with Crippen LogP contribution in [0.15, 0.2) is 48.5 Å². The third kappa shape index (κ3) is 4.07. The van der Waals surface area contributed by atoms with E-state index < -0.39 is 0 Å². The van der Waals surface area contributed by atoms with Crippen LogP contribution in [0.25, 0.3) is 0 Å². The molecule has 1 atom stereocenters. The zero-order valence-electron chi connectivity index (χ0n) is 14.0. The fourth-order valence-corrected chi connectivity index (χ4v) is 2.96. The molecule has 0 bridgehead atoms. The summed E-state index contributed by atoms with van der Waals surface area (Å²) in [6.45, 7) is 1.12. The second kappa shape index (κ2) is 7.86. The van der Waals surface area contributed by atoms with Crippen LogP contribution in [0.4, 0.5) is 0 Å². The highest BCUT2D eigenvalue weighted by Gasteiger charge is 2.26. The SMILES string of the molecule is COc1ccc2c(c1)CC(C(=O)NCCCc1ccccc1)CO2. The minimum Gasteiger partial charge on any atom is -0.497 e. The van der Waals surface area contributed by atoms with Crippen LogP contribution in [0.2, 0.25) is 0 Å². The zero-order valence-corrected chi connectivity index (χ0v) is 14.0. The van der Waals surface area contributed by atoms with Gasteiger partial charge in [-0.25, -0.2) is 0 Å². The van der Waals surface area contributed by atoms with Crippen LogP contribution in [0, 0.1) is 5.92 Å². The van der Waals surface area contributed by atoms with E-state index >= 15 is 0 Å². The van der Waals surface area contributed by atoms with Crippen LogP contribution in [0.1, 0.15) is 17.5 Å². The summed E-state index contributed by atoms with van der Waals surface area (Å²) in [6.07, 6.45) is 2.60. The van der Waals surface area contributed by atoms with Gasteiger partial charge >= 0.3 is 0 Å². The van der Waals surface area contributed by atoms with Crippen molar-refractivity contribution in [3.05, 3.63) is 59.7 Å². The van der Waals surface area contributed by atoms with Crippen LogP contribution in [0.3, 0.4) is 0 Å². The number of benzene rings is 2. The largest absolute Gasteiger partial charge is 0.497 e. The third-order valence-electron chi connectivity index (χ3n) is 4.33. The molecule has 1 amide bonds. The molecule has 2 aromatic rings. The van der Waals surface area contributed by atoms with Crippen LogP contribution in [-0.2, 0) is 17.6 Å². The molecule has 3 rings (SSSR count). The number of aryl methyl sites for hydroxylation is 1. The van der Waals surface area contributed by atoms with Gasteiger partial charge in [0, 0.05) is 6.54 Å². The summed E-state index contributed by atoms with van der Waals surface area (Å²) < 4.78 is 11.0. The predicted octanol–water partition coefficient (Wildman–Crippen LogP) is 3.00. The van der Waals surface area contributed by atoms with E-state index in [1.165, 1.54) is 5.56 Å². The molecule has 1 heterocycles. The van der Waals surface area contributed by atoms with Gasteiger partial charge in [-0.15, -0.1) is 0 Å². The summed E-state index contributed by atoms with van der Waals surface area (Å²) in [4.78, 5) is 12.4. The summed E-state index contributed by atoms with van der Waals surface area (Å²) in [7, 11) is 1.64. The molecule has 4 heteroatoms. The van der Waals surface area contributed by atoms with Crippen molar-refractivity contribution < 1.29 is 14.3 Å². The van der Waals surface area contributed by atoms with Crippen LogP contribution in [0.5, 0.6) is 11.5 Å². The highest BCUT2D eigenvalue weighted by Crippen LogP contribution is 2.30. The van der Waals surface area contributed by atoms with E-state index in [-0.39, 0.29) is 11.8 Å². The summed E-state index contributed by atoms with van der Waals surface area (Å²) in [5.74, 6) is 1.57. The Balaban J connectivity index is 1.47. The van der Waals surface area contributed by atoms with Crippen molar-refractivity contribution in [2.75, 3.05) is 20.3 Å². The van der Waals surface area contributed by atoms with E-state index in [0.717, 1.165) is 29.9 Å². The maximum absolute atomic E-state index is 12.4. The number of fused-ring (bicyclic) bond motifs is 1. The Hall–Kier alpha value is -2.49. The van der Waals surface area contributed by atoms with Gasteiger partial charge in [0.15, 0.2) is 0 Å². The van der Waals surface area contributed by atoms with Crippen LogP contribution < -0.4 is 14.8 Å². The average molecular weight is 325 g/mol. The lowest BCUT2D eigenvalue weighted by molar-refractivity contribution is -0.126. The van der Waals surface area contributed by atoms with Crippen molar-refractivity contribution in [2.24, 2.45) is 5.92 Å². The van der Waals surface area contributed by atoms with Gasteiger partial charge in [0.05, 0.1) is 13.0 Å². The van der Waals surface area contributed by atoms with Gasteiger partial charge in [-0.1, -0.05) is 30.3 Å². The van der Waals surface area contributed by atoms with E-state index in [1.807, 2.05) is 36.4 Å². The lowest BCUT2D eigenvalue weighted by Crippen LogP contribution is -2.37. The summed E-state index contributed by atoms with van der Waals surface area (Å²) in [5, 5.41) is 3.03. The standard InChI is InChI=1S/C20H23NO3/c1-23-18-9-10-19-16(13-18)12-17(14-24-19)20(22)21-11-5-8-15-6-3-2-4-7-15/h2-4,6-7,9-10,13,17H,5,8,11-12,14H2,1H3,(H,21,22). The Bertz CT molecular complexity index is 685. The number of carbonyl (C=O) groups is 1. The number of hydrogen-bond donors (Lipinski definition) is 1. The second-order valence-corrected chi connectivity index (χ2v) is 6.07. The van der Waals surface area contributed by atoms with Crippen molar-refractivity contribution in [3.8, 4) is 11.5 Å². The monoisotopic (exact) mass is 325 g/mol. The lowest BCUT2D eigenvalue weighted by Gasteiger charge is -2.25. The van der Waals surface area contributed by atoms with Crippen molar-refractivity contribution in [2.45, 2.75) is 19.3 Å². The van der Waals surface area contributed by atoms with Gasteiger partial charge < -0.3 is 14.8 Å². The Kier molecular flexibility index (Phi) is 5.36. The van der Waals surface area contributed by atoms with Crippen molar-refractivity contribution >= 4 is 5.91 Å². The van der Waals surface area contributed by atoms with E-state index in [0.29, 0.717) is 19.6 Å². The third-order valence-corrected chi connectivity index (χ3v) is 4.33. The Morgan fingerprint density at radius 2 is 2.08 bits per heavy atom. The molecule has 0 aliphatic carbocycles. The molecule has 0 radical (unpaired) electrons. The average Bonchev–Trinajstić information content (AvgIpc) is 2.65. The molecule has 0 fully saturated rings. The molecule has 0 spiro atoms. The smallest absolute Gasteiger partial charge is 0.226 e. The maximum atomic E-state index is 12.4. The topological polar surface area (TPSA) is 47.6 Å². The zero-order chi connectivity index (χ0) is 16.8. The molecular weight excluding hydrogens is 302 g/mol. The number of ether oxygens (including phenoxy) is 2. The quantitative estimate of drug-likeness (QED) is 0.831. The second-order valence-electron chi connectivity index (χ2n) is 6.07.